The molecule has 0 bridgehead atoms. The summed E-state index contributed by atoms with van der Waals surface area (Å²) in [5, 5.41) is 7.00. The number of hydrogen-bond acceptors (Lipinski definition) is 1. The third-order valence-electron chi connectivity index (χ3n) is 0. The summed E-state index contributed by atoms with van der Waals surface area (Å²) in [6.45, 7) is 0. The van der Waals surface area contributed by atoms with Gasteiger partial charge < -0.3 is 7.96 Å². The van der Waals surface area contributed by atoms with Crippen molar-refractivity contribution in [3.05, 3.63) is 0 Å². The number of hydrogen-bond donors (Lipinski definition) is 1. The van der Waals surface area contributed by atoms with Gasteiger partial charge in [0.05, 0.1) is 0 Å². The van der Waals surface area contributed by atoms with Gasteiger partial charge in [-0.2, -0.15) is 9.90 Å². The molecule has 0 aromatic rings. The molecule has 1 nitrogen and oxygen atoms in total. The van der Waals surface area contributed by atoms with Crippen molar-refractivity contribution >= 4 is 47.6 Å². The van der Waals surface area contributed by atoms with Crippen LogP contribution in [0.4, 0.5) is 0 Å². The minimum absolute atomic E-state index is 0. The van der Waals surface area contributed by atoms with Crippen molar-refractivity contribution in [3.8, 4) is 0 Å². The monoisotopic (exact) mass is 172 g/mol. The first-order chi connectivity index (χ1) is 1.00. The van der Waals surface area contributed by atoms with E-state index in [4.69, 9.17) is 5.11 Å². The van der Waals surface area contributed by atoms with Crippen LogP contribution < -0.4 is 0 Å². The SMILES string of the molecule is CO.P.[Ca+2].[H-].[H-].[Zn]. The van der Waals surface area contributed by atoms with E-state index in [1.165, 1.54) is 0 Å². The van der Waals surface area contributed by atoms with Gasteiger partial charge in [-0.1, -0.05) is 0 Å². The first-order valence-electron chi connectivity index (χ1n) is 0.447. The van der Waals surface area contributed by atoms with Crippen molar-refractivity contribution in [1.82, 2.24) is 0 Å². The van der Waals surface area contributed by atoms with Gasteiger partial charge in [0, 0.05) is 26.6 Å². The van der Waals surface area contributed by atoms with Crippen molar-refractivity contribution in [2.45, 2.75) is 0 Å². The molecule has 0 aromatic heterocycles. The summed E-state index contributed by atoms with van der Waals surface area (Å²) in [4.78, 5) is 0. The van der Waals surface area contributed by atoms with Crippen LogP contribution in [0.15, 0.2) is 0 Å². The van der Waals surface area contributed by atoms with Gasteiger partial charge in [-0.3, -0.25) is 0 Å². The zero-order valence-corrected chi connectivity index (χ0v) is 10.2. The Morgan fingerprint density at radius 3 is 1.40 bits per heavy atom. The maximum absolute atomic E-state index is 7.00. The van der Waals surface area contributed by atoms with Crippen LogP contribution in [0.25, 0.3) is 0 Å². The van der Waals surface area contributed by atoms with Crippen LogP contribution in [-0.2, 0) is 19.5 Å². The second kappa shape index (κ2) is 33.8. The van der Waals surface area contributed by atoms with Gasteiger partial charge in [-0.15, -0.1) is 0 Å². The molecule has 0 rings (SSSR count). The first-order valence-corrected chi connectivity index (χ1v) is 0.447. The van der Waals surface area contributed by atoms with E-state index in [0.29, 0.717) is 0 Å². The van der Waals surface area contributed by atoms with Gasteiger partial charge >= 0.3 is 37.7 Å². The Balaban J connectivity index is -0.000000000500. The molecule has 0 spiro atoms. The average Bonchev–Trinajstić information content (AvgIpc) is 1.00. The van der Waals surface area contributed by atoms with Crippen LogP contribution in [0.5, 0.6) is 0 Å². The van der Waals surface area contributed by atoms with Crippen LogP contribution in [0, 0.1) is 0 Å². The summed E-state index contributed by atoms with van der Waals surface area (Å²) in [7, 11) is 1.00. The largest absolute Gasteiger partial charge is 2.00 e. The molecule has 0 saturated heterocycles. The van der Waals surface area contributed by atoms with Crippen molar-refractivity contribution in [2.24, 2.45) is 0 Å². The Hall–Kier alpha value is 2.27. The molecule has 0 heterocycles. The molecular weight excluding hydrogens is 164 g/mol. The predicted octanol–water partition coefficient (Wildman–Crippen LogP) is -0.492. The van der Waals surface area contributed by atoms with E-state index in [0.717, 1.165) is 7.11 Å². The molecule has 0 saturated carbocycles. The quantitative estimate of drug-likeness (QED) is 0.387. The van der Waals surface area contributed by atoms with E-state index in [2.05, 4.69) is 0 Å². The molecule has 0 aromatic carbocycles. The second-order valence-corrected chi connectivity index (χ2v) is 0. The van der Waals surface area contributed by atoms with E-state index < -0.39 is 0 Å². The summed E-state index contributed by atoms with van der Waals surface area (Å²) in [5.74, 6) is 0. The molecule has 0 radical (unpaired) electrons. The van der Waals surface area contributed by atoms with E-state index in [-0.39, 0.29) is 70.0 Å². The van der Waals surface area contributed by atoms with Gasteiger partial charge in [0.2, 0.25) is 0 Å². The molecule has 1 atom stereocenters. The third kappa shape index (κ3) is 22.2. The Labute approximate surface area is 81.3 Å². The molecule has 1 unspecified atom stereocenters. The molecular formula is CH9CaOPZn. The molecule has 28 valence electrons. The third-order valence-corrected chi connectivity index (χ3v) is 0. The molecule has 4 heteroatoms. The number of rotatable bonds is 0. The number of aliphatic hydroxyl groups excluding tert-OH is 1. The molecule has 0 aliphatic rings. The molecule has 0 fully saturated rings. The maximum atomic E-state index is 7.00. The average molecular weight is 174 g/mol. The van der Waals surface area contributed by atoms with Crippen LogP contribution in [-0.4, -0.2) is 50.0 Å². The fourth-order valence-corrected chi connectivity index (χ4v) is 0. The molecule has 0 aliphatic heterocycles. The van der Waals surface area contributed by atoms with E-state index in [1.807, 2.05) is 0 Å². The van der Waals surface area contributed by atoms with Crippen molar-refractivity contribution in [2.75, 3.05) is 7.11 Å². The normalized spacial score (nSPS) is 1.20. The fraction of sp³-hybridized carbons (Fsp3) is 1.00. The smallest absolute Gasteiger partial charge is 1.00 e. The van der Waals surface area contributed by atoms with Crippen LogP contribution in [0.2, 0.25) is 0 Å². The Bertz CT molecular complexity index is 17.7. The number of aliphatic hydroxyl groups is 1. The van der Waals surface area contributed by atoms with Crippen molar-refractivity contribution in [3.63, 3.8) is 0 Å². The van der Waals surface area contributed by atoms with Gasteiger partial charge in [-0.25, -0.2) is 0 Å². The predicted molar refractivity (Wildman–Crippen MR) is 27.2 cm³/mol. The maximum Gasteiger partial charge on any atom is 2.00 e. The van der Waals surface area contributed by atoms with Gasteiger partial charge in [0.1, 0.15) is 0 Å². The molecule has 0 aliphatic carbocycles. The van der Waals surface area contributed by atoms with Gasteiger partial charge in [0.25, 0.3) is 0 Å². The van der Waals surface area contributed by atoms with E-state index in [1.54, 1.807) is 0 Å². The van der Waals surface area contributed by atoms with E-state index in [9.17, 15) is 0 Å². The van der Waals surface area contributed by atoms with Crippen LogP contribution in [0.3, 0.4) is 0 Å². The van der Waals surface area contributed by atoms with Crippen molar-refractivity contribution in [1.29, 1.82) is 0 Å². The van der Waals surface area contributed by atoms with E-state index >= 15 is 0 Å². The summed E-state index contributed by atoms with van der Waals surface area (Å²) in [5.41, 5.74) is 0. The standard InChI is InChI=1S/CH4O.Ca.H3P.Zn.2H/c1-2;;;;;/h2H,1H3;;1H3;;;/q;+2;;;2*-1. The summed E-state index contributed by atoms with van der Waals surface area (Å²) in [6, 6.07) is 0. The molecule has 5 heavy (non-hydrogen) atoms. The van der Waals surface area contributed by atoms with Gasteiger partial charge in [0.15, 0.2) is 0 Å². The summed E-state index contributed by atoms with van der Waals surface area (Å²) < 4.78 is 0. The Morgan fingerprint density at radius 1 is 1.40 bits per heavy atom. The first kappa shape index (κ1) is 26.7. The second-order valence-electron chi connectivity index (χ2n) is 0. The molecule has 0 amide bonds. The molecule has 1 N–H and O–H groups in total. The topological polar surface area (TPSA) is 20.2 Å². The van der Waals surface area contributed by atoms with Crippen molar-refractivity contribution < 1.29 is 27.4 Å². The summed E-state index contributed by atoms with van der Waals surface area (Å²) >= 11 is 0. The zero-order chi connectivity index (χ0) is 2.00. The fourth-order valence-electron chi connectivity index (χ4n) is 0. The van der Waals surface area contributed by atoms with Crippen LogP contribution >= 0.6 is 9.90 Å². The minimum Gasteiger partial charge on any atom is -1.00 e. The Kier molecular flexibility index (Phi) is 180. The van der Waals surface area contributed by atoms with Gasteiger partial charge in [-0.05, 0) is 0 Å². The zero-order valence-electron chi connectivity index (χ0n) is 5.57. The minimum atomic E-state index is 0. The van der Waals surface area contributed by atoms with Crippen LogP contribution in [0.1, 0.15) is 2.85 Å². The summed E-state index contributed by atoms with van der Waals surface area (Å²) in [6.07, 6.45) is 0. The Morgan fingerprint density at radius 2 is 1.40 bits per heavy atom.